The first-order chi connectivity index (χ1) is 9.61. The molecule has 1 aliphatic rings. The van der Waals surface area contributed by atoms with Gasteiger partial charge in [0.1, 0.15) is 0 Å². The van der Waals surface area contributed by atoms with Gasteiger partial charge in [0.05, 0.1) is 22.7 Å². The third-order valence-corrected chi connectivity index (χ3v) is 4.00. The van der Waals surface area contributed by atoms with Crippen LogP contribution in [0.1, 0.15) is 23.2 Å². The van der Waals surface area contributed by atoms with E-state index in [9.17, 15) is 9.90 Å². The highest BCUT2D eigenvalue weighted by molar-refractivity contribution is 6.33. The van der Waals surface area contributed by atoms with Crippen molar-refractivity contribution in [2.75, 3.05) is 30.8 Å². The van der Waals surface area contributed by atoms with Crippen LogP contribution in [-0.2, 0) is 0 Å². The van der Waals surface area contributed by atoms with E-state index in [1.165, 1.54) is 0 Å². The molecule has 1 aromatic carbocycles. The number of halogens is 2. The molecule has 0 radical (unpaired) electrons. The second kappa shape index (κ2) is 7.16. The van der Waals surface area contributed by atoms with Gasteiger partial charge in [0.25, 0.3) is 5.91 Å². The molecule has 0 aromatic heterocycles. The molecular formula is C14H18Cl2N2O2. The number of hydrogen-bond acceptors (Lipinski definition) is 3. The quantitative estimate of drug-likeness (QED) is 0.821. The normalized spacial score (nSPS) is 16.2. The lowest BCUT2D eigenvalue weighted by Crippen LogP contribution is -2.27. The van der Waals surface area contributed by atoms with E-state index in [2.05, 4.69) is 5.32 Å². The highest BCUT2D eigenvalue weighted by Gasteiger charge is 2.20. The molecule has 1 saturated heterocycles. The number of likely N-dealkylation sites (tertiary alicyclic amines) is 1. The minimum absolute atomic E-state index is 0.0279. The van der Waals surface area contributed by atoms with Crippen LogP contribution in [0.25, 0.3) is 0 Å². The number of nitrogens with one attached hydrogen (secondary N) is 1. The van der Waals surface area contributed by atoms with Gasteiger partial charge < -0.3 is 15.3 Å². The van der Waals surface area contributed by atoms with E-state index in [0.29, 0.717) is 22.8 Å². The minimum Gasteiger partial charge on any atom is -0.390 e. The zero-order valence-electron chi connectivity index (χ0n) is 11.1. The van der Waals surface area contributed by atoms with Crippen molar-refractivity contribution < 1.29 is 9.90 Å². The highest BCUT2D eigenvalue weighted by Crippen LogP contribution is 2.24. The second-order valence-corrected chi connectivity index (χ2v) is 5.60. The van der Waals surface area contributed by atoms with Crippen LogP contribution < -0.4 is 5.32 Å². The average molecular weight is 317 g/mol. The van der Waals surface area contributed by atoms with Crippen molar-refractivity contribution in [2.24, 2.45) is 0 Å². The second-order valence-electron chi connectivity index (χ2n) is 4.88. The fourth-order valence-corrected chi connectivity index (χ4v) is 2.47. The molecule has 0 aliphatic carbocycles. The van der Waals surface area contributed by atoms with Crippen molar-refractivity contribution in [1.29, 1.82) is 0 Å². The number of carbonyl (C=O) groups is 1. The molecular weight excluding hydrogens is 299 g/mol. The van der Waals surface area contributed by atoms with E-state index < -0.39 is 6.10 Å². The predicted octanol–water partition coefficient (Wildman–Crippen LogP) is 2.59. The minimum atomic E-state index is -0.648. The maximum absolute atomic E-state index is 12.3. The number of amides is 1. The first kappa shape index (κ1) is 15.4. The third-order valence-electron chi connectivity index (χ3n) is 3.31. The molecule has 1 atom stereocenters. The number of rotatable bonds is 5. The van der Waals surface area contributed by atoms with Crippen LogP contribution in [-0.4, -0.2) is 47.5 Å². The summed E-state index contributed by atoms with van der Waals surface area (Å²) in [4.78, 5) is 14.1. The Morgan fingerprint density at radius 3 is 2.75 bits per heavy atom. The van der Waals surface area contributed by atoms with Crippen LogP contribution in [0.5, 0.6) is 0 Å². The summed E-state index contributed by atoms with van der Waals surface area (Å²) in [6.07, 6.45) is 1.48. The Labute approximate surface area is 128 Å². The van der Waals surface area contributed by atoms with Gasteiger partial charge in [0.2, 0.25) is 0 Å². The molecule has 6 heteroatoms. The van der Waals surface area contributed by atoms with Gasteiger partial charge in [-0.1, -0.05) is 11.6 Å². The molecule has 0 bridgehead atoms. The summed E-state index contributed by atoms with van der Waals surface area (Å²) in [6, 6.07) is 5.15. The van der Waals surface area contributed by atoms with Gasteiger partial charge in [-0.25, -0.2) is 0 Å². The van der Waals surface area contributed by atoms with E-state index in [1.807, 2.05) is 4.90 Å². The zero-order chi connectivity index (χ0) is 14.5. The van der Waals surface area contributed by atoms with Gasteiger partial charge in [-0.05, 0) is 31.0 Å². The van der Waals surface area contributed by atoms with E-state index in [1.54, 1.807) is 18.2 Å². The smallest absolute Gasteiger partial charge is 0.253 e. The molecule has 1 heterocycles. The van der Waals surface area contributed by atoms with E-state index in [4.69, 9.17) is 23.2 Å². The van der Waals surface area contributed by atoms with Crippen molar-refractivity contribution in [2.45, 2.75) is 18.9 Å². The van der Waals surface area contributed by atoms with E-state index in [-0.39, 0.29) is 11.8 Å². The van der Waals surface area contributed by atoms with Crippen LogP contribution in [0.4, 0.5) is 5.69 Å². The maximum atomic E-state index is 12.3. The lowest BCUT2D eigenvalue weighted by Gasteiger charge is -2.17. The van der Waals surface area contributed by atoms with Crippen molar-refractivity contribution in [3.05, 3.63) is 28.8 Å². The number of hydrogen-bond donors (Lipinski definition) is 2. The SMILES string of the molecule is O=C(c1ccc(Cl)c(NCC(O)CCl)c1)N1CCCC1. The predicted molar refractivity (Wildman–Crippen MR) is 81.8 cm³/mol. The molecule has 20 heavy (non-hydrogen) atoms. The van der Waals surface area contributed by atoms with Crippen LogP contribution in [0.15, 0.2) is 18.2 Å². The molecule has 0 saturated carbocycles. The summed E-state index contributed by atoms with van der Waals surface area (Å²) in [5.41, 5.74) is 1.25. The molecule has 4 nitrogen and oxygen atoms in total. The van der Waals surface area contributed by atoms with E-state index >= 15 is 0 Å². The van der Waals surface area contributed by atoms with Gasteiger partial charge in [-0.3, -0.25) is 4.79 Å². The average Bonchev–Trinajstić information content (AvgIpc) is 2.99. The number of carbonyl (C=O) groups excluding carboxylic acids is 1. The van der Waals surface area contributed by atoms with Gasteiger partial charge in [0, 0.05) is 25.2 Å². The molecule has 2 N–H and O–H groups in total. The van der Waals surface area contributed by atoms with Crippen molar-refractivity contribution >= 4 is 34.8 Å². The summed E-state index contributed by atoms with van der Waals surface area (Å²) >= 11 is 11.6. The molecule has 1 amide bonds. The summed E-state index contributed by atoms with van der Waals surface area (Å²) in [5.74, 6) is 0.178. The molecule has 1 aromatic rings. The molecule has 2 rings (SSSR count). The summed E-state index contributed by atoms with van der Waals surface area (Å²) in [7, 11) is 0. The number of anilines is 1. The number of alkyl halides is 1. The Morgan fingerprint density at radius 1 is 1.40 bits per heavy atom. The van der Waals surface area contributed by atoms with Gasteiger partial charge in [-0.15, -0.1) is 11.6 Å². The lowest BCUT2D eigenvalue weighted by atomic mass is 10.1. The first-order valence-corrected chi connectivity index (χ1v) is 7.60. The van der Waals surface area contributed by atoms with E-state index in [0.717, 1.165) is 25.9 Å². The van der Waals surface area contributed by atoms with Crippen molar-refractivity contribution in [3.8, 4) is 0 Å². The first-order valence-electron chi connectivity index (χ1n) is 6.68. The number of aliphatic hydroxyl groups is 1. The molecule has 110 valence electrons. The van der Waals surface area contributed by atoms with Crippen LogP contribution in [0, 0.1) is 0 Å². The van der Waals surface area contributed by atoms with Crippen LogP contribution in [0.2, 0.25) is 5.02 Å². The topological polar surface area (TPSA) is 52.6 Å². The van der Waals surface area contributed by atoms with Crippen LogP contribution in [0.3, 0.4) is 0 Å². The summed E-state index contributed by atoms with van der Waals surface area (Å²) in [6.45, 7) is 1.93. The Kier molecular flexibility index (Phi) is 5.52. The van der Waals surface area contributed by atoms with Gasteiger partial charge in [-0.2, -0.15) is 0 Å². The fourth-order valence-electron chi connectivity index (χ4n) is 2.18. The number of aliphatic hydroxyl groups excluding tert-OH is 1. The lowest BCUT2D eigenvalue weighted by molar-refractivity contribution is 0.0793. The summed E-state index contributed by atoms with van der Waals surface area (Å²) in [5, 5.41) is 13.0. The monoisotopic (exact) mass is 316 g/mol. The maximum Gasteiger partial charge on any atom is 0.253 e. The highest BCUT2D eigenvalue weighted by atomic mass is 35.5. The van der Waals surface area contributed by atoms with Crippen LogP contribution >= 0.6 is 23.2 Å². The Hall–Kier alpha value is -0.970. The zero-order valence-corrected chi connectivity index (χ0v) is 12.6. The molecule has 1 fully saturated rings. The largest absolute Gasteiger partial charge is 0.390 e. The number of benzene rings is 1. The number of nitrogens with zero attached hydrogens (tertiary/aromatic N) is 1. The molecule has 1 aliphatic heterocycles. The summed E-state index contributed by atoms with van der Waals surface area (Å²) < 4.78 is 0. The fraction of sp³-hybridized carbons (Fsp3) is 0.500. The Bertz CT molecular complexity index is 476. The van der Waals surface area contributed by atoms with Gasteiger partial charge in [0.15, 0.2) is 0 Å². The van der Waals surface area contributed by atoms with Crippen molar-refractivity contribution in [3.63, 3.8) is 0 Å². The Balaban J connectivity index is 2.09. The molecule has 0 spiro atoms. The Morgan fingerprint density at radius 2 is 2.10 bits per heavy atom. The third kappa shape index (κ3) is 3.78. The van der Waals surface area contributed by atoms with Gasteiger partial charge >= 0.3 is 0 Å². The van der Waals surface area contributed by atoms with Crippen molar-refractivity contribution in [1.82, 2.24) is 4.90 Å². The standard InChI is InChI=1S/C14H18Cl2N2O2/c15-8-11(19)9-17-13-7-10(3-4-12(13)16)14(20)18-5-1-2-6-18/h3-4,7,11,17,19H,1-2,5-6,8-9H2. The molecule has 1 unspecified atom stereocenters.